The number of para-hydroxylation sites is 2. The van der Waals surface area contributed by atoms with E-state index in [0.717, 1.165) is 21.9 Å². The number of aromatic amines is 1. The highest BCUT2D eigenvalue weighted by atomic mass is 32.2. The maximum Gasteiger partial charge on any atom is 0.236 e. The van der Waals surface area contributed by atoms with E-state index < -0.39 is 0 Å². The van der Waals surface area contributed by atoms with Gasteiger partial charge in [-0.1, -0.05) is 23.9 Å². The second kappa shape index (κ2) is 5.64. The summed E-state index contributed by atoms with van der Waals surface area (Å²) in [5.74, 6) is 0.225. The molecule has 0 spiro atoms. The molecule has 5 nitrogen and oxygen atoms in total. The highest BCUT2D eigenvalue weighted by Crippen LogP contribution is 2.20. The number of thiazole rings is 1. The standard InChI is InChI=1S/C13H12N4OS2/c1-8-6-19-12(14-8)17-11(18)7-20-13-15-9-4-2-3-5-10(9)16-13/h2-6H,7H2,1H3,(H,15,16)(H,14,17,18). The zero-order chi connectivity index (χ0) is 13.9. The van der Waals surface area contributed by atoms with Crippen LogP contribution in [0.15, 0.2) is 34.8 Å². The molecular weight excluding hydrogens is 292 g/mol. The lowest BCUT2D eigenvalue weighted by Crippen LogP contribution is -2.13. The minimum atomic E-state index is -0.0789. The van der Waals surface area contributed by atoms with E-state index in [1.54, 1.807) is 0 Å². The number of fused-ring (bicyclic) bond motifs is 1. The topological polar surface area (TPSA) is 70.7 Å². The lowest BCUT2D eigenvalue weighted by Gasteiger charge is -1.99. The molecule has 0 saturated carbocycles. The van der Waals surface area contributed by atoms with Gasteiger partial charge < -0.3 is 10.3 Å². The van der Waals surface area contributed by atoms with Crippen molar-refractivity contribution in [2.24, 2.45) is 0 Å². The molecule has 1 aromatic carbocycles. The van der Waals surface area contributed by atoms with E-state index in [2.05, 4.69) is 20.3 Å². The second-order valence-electron chi connectivity index (χ2n) is 4.19. The number of hydrogen-bond donors (Lipinski definition) is 2. The summed E-state index contributed by atoms with van der Waals surface area (Å²) in [6.07, 6.45) is 0. The predicted octanol–water partition coefficient (Wildman–Crippen LogP) is 3.06. The van der Waals surface area contributed by atoms with E-state index in [-0.39, 0.29) is 5.91 Å². The van der Waals surface area contributed by atoms with Crippen LogP contribution in [0.25, 0.3) is 11.0 Å². The molecule has 3 rings (SSSR count). The number of aromatic nitrogens is 3. The molecule has 0 aliphatic carbocycles. The molecule has 0 radical (unpaired) electrons. The molecule has 102 valence electrons. The normalized spacial score (nSPS) is 10.8. The van der Waals surface area contributed by atoms with E-state index >= 15 is 0 Å². The summed E-state index contributed by atoms with van der Waals surface area (Å²) < 4.78 is 0. The van der Waals surface area contributed by atoms with Crippen molar-refractivity contribution in [2.75, 3.05) is 11.1 Å². The number of nitrogens with zero attached hydrogens (tertiary/aromatic N) is 2. The Kier molecular flexibility index (Phi) is 3.70. The third-order valence-corrected chi connectivity index (χ3v) is 4.32. The molecule has 0 aliphatic heterocycles. The monoisotopic (exact) mass is 304 g/mol. The number of amides is 1. The number of benzene rings is 1. The second-order valence-corrected chi connectivity index (χ2v) is 6.01. The Balaban J connectivity index is 1.59. The Morgan fingerprint density at radius 1 is 1.40 bits per heavy atom. The summed E-state index contributed by atoms with van der Waals surface area (Å²) in [4.78, 5) is 23.6. The van der Waals surface area contributed by atoms with Gasteiger partial charge in [0.2, 0.25) is 5.91 Å². The Labute approximate surface area is 123 Å². The fourth-order valence-electron chi connectivity index (χ4n) is 1.70. The molecular formula is C13H12N4OS2. The first kappa shape index (κ1) is 13.1. The number of nitrogens with one attached hydrogen (secondary N) is 2. The van der Waals surface area contributed by atoms with Gasteiger partial charge in [-0.3, -0.25) is 4.79 Å². The van der Waals surface area contributed by atoms with Crippen LogP contribution in [0.3, 0.4) is 0 Å². The molecule has 2 aromatic heterocycles. The van der Waals surface area contributed by atoms with Crippen LogP contribution in [-0.2, 0) is 4.79 Å². The summed E-state index contributed by atoms with van der Waals surface area (Å²) in [5, 5.41) is 6.06. The smallest absolute Gasteiger partial charge is 0.236 e. The Morgan fingerprint density at radius 2 is 2.25 bits per heavy atom. The summed E-state index contributed by atoms with van der Waals surface area (Å²) in [6.45, 7) is 1.90. The number of carbonyl (C=O) groups is 1. The van der Waals surface area contributed by atoms with Gasteiger partial charge in [-0.15, -0.1) is 11.3 Å². The molecule has 0 fully saturated rings. The molecule has 1 amide bonds. The molecule has 7 heteroatoms. The van der Waals surface area contributed by atoms with Gasteiger partial charge in [0.15, 0.2) is 10.3 Å². The Bertz CT molecular complexity index is 717. The van der Waals surface area contributed by atoms with Crippen LogP contribution in [-0.4, -0.2) is 26.6 Å². The zero-order valence-corrected chi connectivity index (χ0v) is 12.3. The van der Waals surface area contributed by atoms with Crippen molar-refractivity contribution in [1.82, 2.24) is 15.0 Å². The summed E-state index contributed by atoms with van der Waals surface area (Å²) in [6, 6.07) is 7.79. The van der Waals surface area contributed by atoms with Gasteiger partial charge in [0.25, 0.3) is 0 Å². The lowest BCUT2D eigenvalue weighted by atomic mass is 10.3. The predicted molar refractivity (Wildman–Crippen MR) is 82.3 cm³/mol. The fourth-order valence-corrected chi connectivity index (χ4v) is 3.09. The largest absolute Gasteiger partial charge is 0.333 e. The van der Waals surface area contributed by atoms with Crippen LogP contribution < -0.4 is 5.32 Å². The van der Waals surface area contributed by atoms with Gasteiger partial charge in [-0.05, 0) is 19.1 Å². The van der Waals surface area contributed by atoms with Gasteiger partial charge in [0, 0.05) is 5.38 Å². The van der Waals surface area contributed by atoms with Crippen molar-refractivity contribution >= 4 is 45.2 Å². The first-order chi connectivity index (χ1) is 9.70. The average Bonchev–Trinajstić information content (AvgIpc) is 3.02. The number of carbonyl (C=O) groups excluding carboxylic acids is 1. The van der Waals surface area contributed by atoms with Crippen molar-refractivity contribution in [3.8, 4) is 0 Å². The molecule has 0 unspecified atom stereocenters. The third kappa shape index (κ3) is 3.00. The molecule has 2 N–H and O–H groups in total. The van der Waals surface area contributed by atoms with E-state index in [0.29, 0.717) is 10.9 Å². The molecule has 0 bridgehead atoms. The number of aryl methyl sites for hydroxylation is 1. The van der Waals surface area contributed by atoms with Crippen molar-refractivity contribution in [1.29, 1.82) is 0 Å². The number of imidazole rings is 1. The first-order valence-corrected chi connectivity index (χ1v) is 7.87. The highest BCUT2D eigenvalue weighted by molar-refractivity contribution is 7.99. The van der Waals surface area contributed by atoms with Crippen LogP contribution in [0.4, 0.5) is 5.13 Å². The van der Waals surface area contributed by atoms with Crippen molar-refractivity contribution < 1.29 is 4.79 Å². The molecule has 0 aliphatic rings. The van der Waals surface area contributed by atoms with Crippen LogP contribution in [0.5, 0.6) is 0 Å². The van der Waals surface area contributed by atoms with Gasteiger partial charge in [-0.2, -0.15) is 0 Å². The van der Waals surface area contributed by atoms with Crippen LogP contribution in [0, 0.1) is 6.92 Å². The van der Waals surface area contributed by atoms with Crippen LogP contribution in [0.2, 0.25) is 0 Å². The van der Waals surface area contributed by atoms with Crippen LogP contribution >= 0.6 is 23.1 Å². The van der Waals surface area contributed by atoms with E-state index in [1.807, 2.05) is 36.6 Å². The summed E-state index contributed by atoms with van der Waals surface area (Å²) in [7, 11) is 0. The Morgan fingerprint density at radius 3 is 3.00 bits per heavy atom. The van der Waals surface area contributed by atoms with Crippen molar-refractivity contribution in [3.63, 3.8) is 0 Å². The number of rotatable bonds is 4. The molecule has 20 heavy (non-hydrogen) atoms. The quantitative estimate of drug-likeness (QED) is 0.727. The van der Waals surface area contributed by atoms with Crippen LogP contribution in [0.1, 0.15) is 5.69 Å². The van der Waals surface area contributed by atoms with Gasteiger partial charge in [-0.25, -0.2) is 9.97 Å². The van der Waals surface area contributed by atoms with Crippen molar-refractivity contribution in [2.45, 2.75) is 12.1 Å². The lowest BCUT2D eigenvalue weighted by molar-refractivity contribution is -0.113. The molecule has 0 saturated heterocycles. The van der Waals surface area contributed by atoms with E-state index in [4.69, 9.17) is 0 Å². The van der Waals surface area contributed by atoms with E-state index in [1.165, 1.54) is 23.1 Å². The average molecular weight is 304 g/mol. The van der Waals surface area contributed by atoms with E-state index in [9.17, 15) is 4.79 Å². The minimum Gasteiger partial charge on any atom is -0.333 e. The SMILES string of the molecule is Cc1csc(NC(=O)CSc2nc3ccccc3[nH]2)n1. The van der Waals surface area contributed by atoms with Gasteiger partial charge in [0.1, 0.15) is 0 Å². The third-order valence-electron chi connectivity index (χ3n) is 2.57. The highest BCUT2D eigenvalue weighted by Gasteiger charge is 2.08. The molecule has 0 atom stereocenters. The number of thioether (sulfide) groups is 1. The number of anilines is 1. The Hall–Kier alpha value is -1.86. The maximum absolute atomic E-state index is 11.8. The number of H-pyrrole nitrogens is 1. The number of hydrogen-bond acceptors (Lipinski definition) is 5. The minimum absolute atomic E-state index is 0.0789. The van der Waals surface area contributed by atoms with Crippen molar-refractivity contribution in [3.05, 3.63) is 35.3 Å². The van der Waals surface area contributed by atoms with Gasteiger partial charge in [0.05, 0.1) is 22.5 Å². The maximum atomic E-state index is 11.8. The molecule has 2 heterocycles. The molecule has 3 aromatic rings. The summed E-state index contributed by atoms with van der Waals surface area (Å²) >= 11 is 2.81. The zero-order valence-electron chi connectivity index (χ0n) is 10.7. The summed E-state index contributed by atoms with van der Waals surface area (Å²) in [5.41, 5.74) is 2.80. The fraction of sp³-hybridized carbons (Fsp3) is 0.154. The first-order valence-electron chi connectivity index (χ1n) is 6.00. The van der Waals surface area contributed by atoms with Gasteiger partial charge >= 0.3 is 0 Å².